The van der Waals surface area contributed by atoms with Crippen molar-refractivity contribution in [2.24, 2.45) is 0 Å². The first-order chi connectivity index (χ1) is 5.51. The Morgan fingerprint density at radius 2 is 2.17 bits per heavy atom. The zero-order chi connectivity index (χ0) is 9.19. The molecule has 0 N–H and O–H groups in total. The van der Waals surface area contributed by atoms with Crippen molar-refractivity contribution in [3.8, 4) is 5.06 Å². The minimum absolute atomic E-state index is 0.0978. The van der Waals surface area contributed by atoms with Gasteiger partial charge in [-0.05, 0) is 23.4 Å². The van der Waals surface area contributed by atoms with Crippen molar-refractivity contribution in [1.82, 2.24) is 0 Å². The number of thiophene rings is 1. The van der Waals surface area contributed by atoms with Crippen molar-refractivity contribution in [1.29, 1.82) is 0 Å². The van der Waals surface area contributed by atoms with E-state index >= 15 is 0 Å². The van der Waals surface area contributed by atoms with Crippen LogP contribution in [0.15, 0.2) is 11.4 Å². The molecule has 0 saturated heterocycles. The molecule has 1 aromatic heterocycles. The van der Waals surface area contributed by atoms with Gasteiger partial charge in [-0.25, -0.2) is 0 Å². The molecule has 5 heteroatoms. The minimum atomic E-state index is -4.57. The van der Waals surface area contributed by atoms with Gasteiger partial charge in [0.25, 0.3) is 0 Å². The van der Waals surface area contributed by atoms with Crippen LogP contribution in [0.1, 0.15) is 12.5 Å². The van der Waals surface area contributed by atoms with Crippen molar-refractivity contribution < 1.29 is 17.9 Å². The Balaban J connectivity index is 2.64. The van der Waals surface area contributed by atoms with Crippen LogP contribution in [0.25, 0.3) is 0 Å². The zero-order valence-electron chi connectivity index (χ0n) is 6.31. The fraction of sp³-hybridized carbons (Fsp3) is 0.429. The van der Waals surface area contributed by atoms with E-state index in [1.54, 1.807) is 5.38 Å². The summed E-state index contributed by atoms with van der Waals surface area (Å²) in [4.78, 5) is 0. The number of rotatable bonds is 2. The highest BCUT2D eigenvalue weighted by Crippen LogP contribution is 2.29. The molecule has 0 aliphatic rings. The molecule has 1 nitrogen and oxygen atoms in total. The van der Waals surface area contributed by atoms with E-state index in [0.717, 1.165) is 23.3 Å². The second-order valence-electron chi connectivity index (χ2n) is 2.18. The molecule has 0 spiro atoms. The summed E-state index contributed by atoms with van der Waals surface area (Å²) < 4.78 is 38.6. The number of hydrogen-bond acceptors (Lipinski definition) is 2. The highest BCUT2D eigenvalue weighted by atomic mass is 32.1. The van der Waals surface area contributed by atoms with Gasteiger partial charge in [0.05, 0.1) is 0 Å². The quantitative estimate of drug-likeness (QED) is 0.705. The Morgan fingerprint density at radius 1 is 1.50 bits per heavy atom. The van der Waals surface area contributed by atoms with E-state index in [1.807, 2.05) is 6.92 Å². The Labute approximate surface area is 71.8 Å². The molecule has 1 aromatic rings. The molecular formula is C7H7F3OS. The molecule has 0 amide bonds. The largest absolute Gasteiger partial charge is 0.573 e. The summed E-state index contributed by atoms with van der Waals surface area (Å²) in [6.07, 6.45) is -3.85. The molecule has 1 rings (SSSR count). The van der Waals surface area contributed by atoms with Gasteiger partial charge in [-0.1, -0.05) is 6.92 Å². The van der Waals surface area contributed by atoms with Gasteiger partial charge in [-0.15, -0.1) is 24.5 Å². The second kappa shape index (κ2) is 3.35. The fourth-order valence-electron chi connectivity index (χ4n) is 0.706. The highest BCUT2D eigenvalue weighted by Gasteiger charge is 2.31. The Hall–Kier alpha value is -0.710. The standard InChI is InChI=1S/C7H7F3OS/c1-2-5-3-6(12-4-5)11-7(8,9)10/h3-4H,2H2,1H3. The first kappa shape index (κ1) is 9.38. The van der Waals surface area contributed by atoms with Crippen LogP contribution in [0.2, 0.25) is 0 Å². The third-order valence-electron chi connectivity index (χ3n) is 1.25. The number of aryl methyl sites for hydroxylation is 1. The molecule has 68 valence electrons. The number of ether oxygens (including phenoxy) is 1. The summed E-state index contributed by atoms with van der Waals surface area (Å²) in [7, 11) is 0. The molecule has 0 fully saturated rings. The molecule has 0 aromatic carbocycles. The van der Waals surface area contributed by atoms with E-state index in [9.17, 15) is 13.2 Å². The van der Waals surface area contributed by atoms with Gasteiger partial charge in [-0.3, -0.25) is 0 Å². The predicted octanol–water partition coefficient (Wildman–Crippen LogP) is 3.21. The van der Waals surface area contributed by atoms with Crippen LogP contribution < -0.4 is 4.74 Å². The lowest BCUT2D eigenvalue weighted by Gasteiger charge is -2.04. The van der Waals surface area contributed by atoms with E-state index < -0.39 is 6.36 Å². The van der Waals surface area contributed by atoms with Gasteiger partial charge in [0.2, 0.25) is 0 Å². The zero-order valence-corrected chi connectivity index (χ0v) is 7.13. The molecule has 0 bridgehead atoms. The van der Waals surface area contributed by atoms with Crippen molar-refractivity contribution in [2.75, 3.05) is 0 Å². The van der Waals surface area contributed by atoms with Crippen molar-refractivity contribution in [3.63, 3.8) is 0 Å². The van der Waals surface area contributed by atoms with Gasteiger partial charge < -0.3 is 4.74 Å². The average molecular weight is 196 g/mol. The smallest absolute Gasteiger partial charge is 0.396 e. The van der Waals surface area contributed by atoms with Crippen LogP contribution in [0.4, 0.5) is 13.2 Å². The third-order valence-corrected chi connectivity index (χ3v) is 2.11. The van der Waals surface area contributed by atoms with Gasteiger partial charge in [-0.2, -0.15) is 0 Å². The van der Waals surface area contributed by atoms with Gasteiger partial charge in [0.15, 0.2) is 5.06 Å². The van der Waals surface area contributed by atoms with E-state index in [1.165, 1.54) is 6.07 Å². The lowest BCUT2D eigenvalue weighted by atomic mass is 10.3. The predicted molar refractivity (Wildman–Crippen MR) is 40.4 cm³/mol. The van der Waals surface area contributed by atoms with Gasteiger partial charge in [0.1, 0.15) is 0 Å². The van der Waals surface area contributed by atoms with Gasteiger partial charge >= 0.3 is 6.36 Å². The summed E-state index contributed by atoms with van der Waals surface area (Å²) in [6.45, 7) is 1.87. The summed E-state index contributed by atoms with van der Waals surface area (Å²) in [5.41, 5.74) is 0.860. The maximum atomic E-state index is 11.6. The minimum Gasteiger partial charge on any atom is -0.396 e. The number of alkyl halides is 3. The molecular weight excluding hydrogens is 189 g/mol. The monoisotopic (exact) mass is 196 g/mol. The van der Waals surface area contributed by atoms with Crippen LogP contribution in [0, 0.1) is 0 Å². The Morgan fingerprint density at radius 3 is 2.58 bits per heavy atom. The lowest BCUT2D eigenvalue weighted by molar-refractivity contribution is -0.273. The summed E-state index contributed by atoms with van der Waals surface area (Å²) >= 11 is 0.959. The Bertz CT molecular complexity index is 253. The van der Waals surface area contributed by atoms with Crippen LogP contribution in [-0.4, -0.2) is 6.36 Å². The van der Waals surface area contributed by atoms with Crippen molar-refractivity contribution in [2.45, 2.75) is 19.7 Å². The van der Waals surface area contributed by atoms with Crippen molar-refractivity contribution >= 4 is 11.3 Å². The molecule has 0 saturated carbocycles. The maximum absolute atomic E-state index is 11.6. The first-order valence-corrected chi connectivity index (χ1v) is 4.22. The summed E-state index contributed by atoms with van der Waals surface area (Å²) in [6, 6.07) is 1.40. The Kier molecular flexibility index (Phi) is 2.62. The summed E-state index contributed by atoms with van der Waals surface area (Å²) in [5, 5.41) is 1.56. The van der Waals surface area contributed by atoms with Crippen LogP contribution in [0.3, 0.4) is 0 Å². The molecule has 1 heterocycles. The molecule has 0 radical (unpaired) electrons. The van der Waals surface area contributed by atoms with E-state index in [-0.39, 0.29) is 5.06 Å². The average Bonchev–Trinajstić information content (AvgIpc) is 2.32. The lowest BCUT2D eigenvalue weighted by Crippen LogP contribution is -2.16. The van der Waals surface area contributed by atoms with E-state index in [2.05, 4.69) is 4.74 Å². The second-order valence-corrected chi connectivity index (χ2v) is 3.05. The SMILES string of the molecule is CCc1csc(OC(F)(F)F)c1. The van der Waals surface area contributed by atoms with E-state index in [4.69, 9.17) is 0 Å². The molecule has 12 heavy (non-hydrogen) atoms. The number of hydrogen-bond donors (Lipinski definition) is 0. The normalized spacial score (nSPS) is 11.7. The molecule has 0 aliphatic heterocycles. The molecule has 0 aliphatic carbocycles. The number of halogens is 3. The van der Waals surface area contributed by atoms with Crippen LogP contribution >= 0.6 is 11.3 Å². The third kappa shape index (κ3) is 2.73. The molecule has 0 atom stereocenters. The highest BCUT2D eigenvalue weighted by molar-refractivity contribution is 7.12. The maximum Gasteiger partial charge on any atom is 0.573 e. The fourth-order valence-corrected chi connectivity index (χ4v) is 1.57. The van der Waals surface area contributed by atoms with Gasteiger partial charge in [0, 0.05) is 0 Å². The first-order valence-electron chi connectivity index (χ1n) is 3.34. The van der Waals surface area contributed by atoms with Crippen LogP contribution in [0.5, 0.6) is 5.06 Å². The topological polar surface area (TPSA) is 9.23 Å². The molecule has 0 unspecified atom stereocenters. The summed E-state index contributed by atoms with van der Waals surface area (Å²) in [5.74, 6) is 0. The van der Waals surface area contributed by atoms with E-state index in [0.29, 0.717) is 0 Å². The van der Waals surface area contributed by atoms with Crippen LogP contribution in [-0.2, 0) is 6.42 Å². The van der Waals surface area contributed by atoms with Crippen molar-refractivity contribution in [3.05, 3.63) is 17.0 Å².